The molecule has 1 aliphatic rings. The average molecular weight is 423 g/mol. The van der Waals surface area contributed by atoms with Crippen molar-refractivity contribution in [2.75, 3.05) is 0 Å². The molecule has 1 aliphatic heterocycles. The number of ether oxygens (including phenoxy) is 2. The van der Waals surface area contributed by atoms with Crippen LogP contribution < -0.4 is 0 Å². The SMILES string of the molecule is C=C1C(=O)O/C(O)=C\OC(=O)C1CCCCCCCCCCCCCCCCCC. The summed E-state index contributed by atoms with van der Waals surface area (Å²) in [6, 6.07) is 0. The standard InChI is InChI=1S/C25H42O5/c1-3-4-5-6-7-8-9-10-11-12-13-14-15-16-17-18-19-22-21(2)24(27)30-23(26)20-29-25(22)28/h20,22,26H,2-19H2,1H3/b23-20-. The van der Waals surface area contributed by atoms with Gasteiger partial charge in [-0.3, -0.25) is 4.79 Å². The maximum atomic E-state index is 12.0. The van der Waals surface area contributed by atoms with E-state index in [-0.39, 0.29) is 5.57 Å². The third-order valence-corrected chi connectivity index (χ3v) is 5.79. The van der Waals surface area contributed by atoms with E-state index in [1.165, 1.54) is 83.5 Å². The molecule has 1 atom stereocenters. The molecule has 1 N–H and O–H groups in total. The van der Waals surface area contributed by atoms with Crippen LogP contribution in [0.3, 0.4) is 0 Å². The van der Waals surface area contributed by atoms with Gasteiger partial charge in [0.15, 0.2) is 6.26 Å². The van der Waals surface area contributed by atoms with Gasteiger partial charge in [0.2, 0.25) is 0 Å². The first-order chi connectivity index (χ1) is 14.6. The molecule has 30 heavy (non-hydrogen) atoms. The van der Waals surface area contributed by atoms with Gasteiger partial charge in [0.25, 0.3) is 0 Å². The lowest BCUT2D eigenvalue weighted by molar-refractivity contribution is -0.150. The maximum absolute atomic E-state index is 12.0. The third kappa shape index (κ3) is 12.0. The molecule has 1 unspecified atom stereocenters. The molecule has 5 heteroatoms. The smallest absolute Gasteiger partial charge is 0.342 e. The minimum Gasteiger partial charge on any atom is -0.478 e. The number of hydrogen-bond donors (Lipinski definition) is 1. The van der Waals surface area contributed by atoms with Crippen LogP contribution in [0.1, 0.15) is 116 Å². The first-order valence-electron chi connectivity index (χ1n) is 12.1. The van der Waals surface area contributed by atoms with Gasteiger partial charge < -0.3 is 14.6 Å². The van der Waals surface area contributed by atoms with Gasteiger partial charge in [0.1, 0.15) is 0 Å². The van der Waals surface area contributed by atoms with Crippen molar-refractivity contribution in [1.82, 2.24) is 0 Å². The zero-order chi connectivity index (χ0) is 22.0. The largest absolute Gasteiger partial charge is 0.478 e. The first-order valence-corrected chi connectivity index (χ1v) is 12.1. The first kappa shape index (κ1) is 26.3. The van der Waals surface area contributed by atoms with Crippen LogP contribution in [-0.4, -0.2) is 17.0 Å². The van der Waals surface area contributed by atoms with Crippen LogP contribution in [0.15, 0.2) is 24.4 Å². The van der Waals surface area contributed by atoms with Gasteiger partial charge in [-0.2, -0.15) is 0 Å². The summed E-state index contributed by atoms with van der Waals surface area (Å²) in [4.78, 5) is 23.8. The van der Waals surface area contributed by atoms with Gasteiger partial charge in [-0.1, -0.05) is 116 Å². The highest BCUT2D eigenvalue weighted by Crippen LogP contribution is 2.24. The highest BCUT2D eigenvalue weighted by molar-refractivity contribution is 5.95. The second-order valence-electron chi connectivity index (χ2n) is 8.45. The summed E-state index contributed by atoms with van der Waals surface area (Å²) >= 11 is 0. The van der Waals surface area contributed by atoms with E-state index in [9.17, 15) is 14.7 Å². The minimum absolute atomic E-state index is 0.0422. The normalized spacial score (nSPS) is 18.9. The lowest BCUT2D eigenvalue weighted by Crippen LogP contribution is -2.25. The summed E-state index contributed by atoms with van der Waals surface area (Å²) in [5.41, 5.74) is 0.0422. The van der Waals surface area contributed by atoms with Gasteiger partial charge in [0, 0.05) is 5.57 Å². The van der Waals surface area contributed by atoms with Gasteiger partial charge >= 0.3 is 17.9 Å². The number of unbranched alkanes of at least 4 members (excludes halogenated alkanes) is 15. The second kappa shape index (κ2) is 17.0. The monoisotopic (exact) mass is 422 g/mol. The Balaban J connectivity index is 1.96. The summed E-state index contributed by atoms with van der Waals surface area (Å²) in [7, 11) is 0. The molecule has 0 fully saturated rings. The molecule has 0 aromatic carbocycles. The van der Waals surface area contributed by atoms with Crippen LogP contribution in [0.5, 0.6) is 0 Å². The fourth-order valence-electron chi connectivity index (χ4n) is 3.85. The topological polar surface area (TPSA) is 72.8 Å². The minimum atomic E-state index is -0.776. The van der Waals surface area contributed by atoms with E-state index in [4.69, 9.17) is 4.74 Å². The number of cyclic esters (lactones) is 2. The molecule has 1 heterocycles. The molecule has 5 nitrogen and oxygen atoms in total. The maximum Gasteiger partial charge on any atom is 0.342 e. The molecule has 0 aromatic heterocycles. The van der Waals surface area contributed by atoms with Gasteiger partial charge in [-0.15, -0.1) is 0 Å². The summed E-state index contributed by atoms with van der Waals surface area (Å²) in [5.74, 6) is -2.77. The number of hydrogen-bond acceptors (Lipinski definition) is 5. The van der Waals surface area contributed by atoms with Crippen LogP contribution in [0.4, 0.5) is 0 Å². The van der Waals surface area contributed by atoms with Gasteiger partial charge in [-0.05, 0) is 6.42 Å². The van der Waals surface area contributed by atoms with Crippen LogP contribution >= 0.6 is 0 Å². The molecule has 0 bridgehead atoms. The summed E-state index contributed by atoms with van der Waals surface area (Å²) in [6.45, 7) is 5.90. The Labute approximate surface area is 182 Å². The van der Waals surface area contributed by atoms with E-state index >= 15 is 0 Å². The Bertz CT molecular complexity index is 538. The van der Waals surface area contributed by atoms with Crippen LogP contribution in [0.2, 0.25) is 0 Å². The van der Waals surface area contributed by atoms with Crippen molar-refractivity contribution in [1.29, 1.82) is 0 Å². The zero-order valence-corrected chi connectivity index (χ0v) is 19.0. The summed E-state index contributed by atoms with van der Waals surface area (Å²) < 4.78 is 9.43. The second-order valence-corrected chi connectivity index (χ2v) is 8.45. The summed E-state index contributed by atoms with van der Waals surface area (Å²) in [5, 5.41) is 9.23. The number of rotatable bonds is 17. The van der Waals surface area contributed by atoms with Crippen molar-refractivity contribution in [2.45, 2.75) is 116 Å². The molecule has 0 amide bonds. The highest BCUT2D eigenvalue weighted by Gasteiger charge is 2.30. The number of carbonyl (C=O) groups is 2. The Morgan fingerprint density at radius 1 is 0.800 bits per heavy atom. The van der Waals surface area contributed by atoms with Crippen LogP contribution in [-0.2, 0) is 19.1 Å². The van der Waals surface area contributed by atoms with E-state index < -0.39 is 23.8 Å². The molecular formula is C25H42O5. The third-order valence-electron chi connectivity index (χ3n) is 5.79. The predicted molar refractivity (Wildman–Crippen MR) is 120 cm³/mol. The molecular weight excluding hydrogens is 380 g/mol. The summed E-state index contributed by atoms with van der Waals surface area (Å²) in [6.07, 6.45) is 21.9. The fraction of sp³-hybridized carbons (Fsp3) is 0.760. The van der Waals surface area contributed by atoms with E-state index in [0.29, 0.717) is 6.42 Å². The van der Waals surface area contributed by atoms with E-state index in [1.807, 2.05) is 0 Å². The van der Waals surface area contributed by atoms with Gasteiger partial charge in [-0.25, -0.2) is 4.79 Å². The van der Waals surface area contributed by atoms with Gasteiger partial charge in [0.05, 0.1) is 5.92 Å². The number of aliphatic hydroxyl groups excluding tert-OH is 1. The van der Waals surface area contributed by atoms with Crippen molar-refractivity contribution in [2.24, 2.45) is 5.92 Å². The average Bonchev–Trinajstić information content (AvgIpc) is 2.73. The van der Waals surface area contributed by atoms with Crippen LogP contribution in [0, 0.1) is 5.92 Å². The van der Waals surface area contributed by atoms with E-state index in [2.05, 4.69) is 18.2 Å². The number of esters is 2. The van der Waals surface area contributed by atoms with Crippen molar-refractivity contribution >= 4 is 11.9 Å². The Kier molecular flexibility index (Phi) is 14.8. The lowest BCUT2D eigenvalue weighted by atomic mass is 9.93. The van der Waals surface area contributed by atoms with E-state index in [1.54, 1.807) is 0 Å². The molecule has 0 spiro atoms. The number of carbonyl (C=O) groups excluding carboxylic acids is 2. The van der Waals surface area contributed by atoms with Crippen molar-refractivity contribution < 1.29 is 24.2 Å². The van der Waals surface area contributed by atoms with Crippen LogP contribution in [0.25, 0.3) is 0 Å². The molecule has 0 aliphatic carbocycles. The molecule has 1 rings (SSSR count). The zero-order valence-electron chi connectivity index (χ0n) is 19.0. The fourth-order valence-corrected chi connectivity index (χ4v) is 3.85. The van der Waals surface area contributed by atoms with Crippen molar-refractivity contribution in [3.8, 4) is 0 Å². The van der Waals surface area contributed by atoms with Crippen molar-refractivity contribution in [3.63, 3.8) is 0 Å². The Morgan fingerprint density at radius 2 is 1.23 bits per heavy atom. The Hall–Kier alpha value is -1.78. The molecule has 0 aromatic rings. The molecule has 0 saturated carbocycles. The van der Waals surface area contributed by atoms with Crippen molar-refractivity contribution in [3.05, 3.63) is 24.4 Å². The molecule has 0 radical (unpaired) electrons. The Morgan fingerprint density at radius 3 is 1.70 bits per heavy atom. The lowest BCUT2D eigenvalue weighted by Gasteiger charge is -2.18. The predicted octanol–water partition coefficient (Wildman–Crippen LogP) is 7.27. The molecule has 172 valence electrons. The highest BCUT2D eigenvalue weighted by atomic mass is 16.6. The number of aliphatic hydroxyl groups is 1. The quantitative estimate of drug-likeness (QED) is 0.152. The molecule has 0 saturated heterocycles. The van der Waals surface area contributed by atoms with E-state index in [0.717, 1.165) is 25.5 Å².